The van der Waals surface area contributed by atoms with Crippen LogP contribution in [0.1, 0.15) is 24.3 Å². The SMILES string of the molecule is ClC1=C(/C=C/c2[nH+]c3ccccc3s2)CCC/C1=C\C=C1\Nc2ccccc2S1. The standard InChI is InChI=1S/C24H19ClN2S2/c25-24-16(12-14-22-26-18-8-1-3-10-20(18)28-22)6-5-7-17(24)13-15-23-27-19-9-2-4-11-21(19)29-23/h1-4,8-15,26H,5-7H2/p+1/b15-13+,16-12+,22-14-. The summed E-state index contributed by atoms with van der Waals surface area (Å²) in [6, 6.07) is 16.8. The summed E-state index contributed by atoms with van der Waals surface area (Å²) in [5.41, 5.74) is 4.78. The molecule has 2 N–H and O–H groups in total. The minimum atomic E-state index is 0.894. The van der Waals surface area contributed by atoms with Crippen molar-refractivity contribution < 1.29 is 4.98 Å². The van der Waals surface area contributed by atoms with Gasteiger partial charge in [0.25, 0.3) is 5.01 Å². The molecule has 0 atom stereocenters. The van der Waals surface area contributed by atoms with E-state index in [0.29, 0.717) is 0 Å². The topological polar surface area (TPSA) is 26.2 Å². The highest BCUT2D eigenvalue weighted by Crippen LogP contribution is 2.41. The number of aromatic nitrogens is 1. The van der Waals surface area contributed by atoms with Crippen molar-refractivity contribution >= 4 is 56.7 Å². The second-order valence-electron chi connectivity index (χ2n) is 7.06. The van der Waals surface area contributed by atoms with Gasteiger partial charge in [0, 0.05) is 22.1 Å². The van der Waals surface area contributed by atoms with Crippen LogP contribution < -0.4 is 10.3 Å². The van der Waals surface area contributed by atoms with Crippen molar-refractivity contribution in [3.8, 4) is 0 Å². The summed E-state index contributed by atoms with van der Waals surface area (Å²) in [4.78, 5) is 4.73. The molecule has 1 aromatic heterocycles. The monoisotopic (exact) mass is 435 g/mol. The van der Waals surface area contributed by atoms with Crippen molar-refractivity contribution in [1.82, 2.24) is 0 Å². The van der Waals surface area contributed by atoms with Crippen LogP contribution in [0.2, 0.25) is 0 Å². The molecule has 0 fully saturated rings. The zero-order valence-electron chi connectivity index (χ0n) is 15.7. The van der Waals surface area contributed by atoms with Gasteiger partial charge in [-0.3, -0.25) is 0 Å². The molecule has 0 unspecified atom stereocenters. The molecule has 0 saturated carbocycles. The summed E-state index contributed by atoms with van der Waals surface area (Å²) in [6.07, 6.45) is 11.8. The number of anilines is 1. The predicted octanol–water partition coefficient (Wildman–Crippen LogP) is 7.39. The molecule has 2 aromatic carbocycles. The number of benzene rings is 2. The molecule has 0 bridgehead atoms. The number of nitrogens with one attached hydrogen (secondary N) is 2. The molecule has 29 heavy (non-hydrogen) atoms. The molecule has 0 saturated heterocycles. The molecule has 2 aliphatic rings. The lowest BCUT2D eigenvalue weighted by Crippen LogP contribution is -2.01. The van der Waals surface area contributed by atoms with Gasteiger partial charge in [0.2, 0.25) is 5.52 Å². The lowest BCUT2D eigenvalue weighted by molar-refractivity contribution is -0.340. The third kappa shape index (κ3) is 4.06. The van der Waals surface area contributed by atoms with Crippen LogP contribution in [-0.2, 0) is 0 Å². The largest absolute Gasteiger partial charge is 0.349 e. The van der Waals surface area contributed by atoms with Crippen LogP contribution in [0.3, 0.4) is 0 Å². The average molecular weight is 436 g/mol. The van der Waals surface area contributed by atoms with E-state index in [2.05, 4.69) is 83.1 Å². The third-order valence-corrected chi connectivity index (χ3v) is 7.61. The smallest absolute Gasteiger partial charge is 0.261 e. The lowest BCUT2D eigenvalue weighted by atomic mass is 9.94. The van der Waals surface area contributed by atoms with Crippen LogP contribution in [0.25, 0.3) is 16.3 Å². The minimum Gasteiger partial charge on any atom is -0.349 e. The first-order valence-corrected chi connectivity index (χ1v) is 11.7. The van der Waals surface area contributed by atoms with Crippen molar-refractivity contribution in [2.45, 2.75) is 24.2 Å². The second kappa shape index (κ2) is 8.23. The first kappa shape index (κ1) is 18.7. The van der Waals surface area contributed by atoms with Gasteiger partial charge < -0.3 is 5.32 Å². The Morgan fingerprint density at radius 3 is 2.72 bits per heavy atom. The molecule has 0 radical (unpaired) electrons. The van der Waals surface area contributed by atoms with Gasteiger partial charge in [0.05, 0.1) is 10.7 Å². The minimum absolute atomic E-state index is 0.894. The Labute approximate surface area is 183 Å². The van der Waals surface area contributed by atoms with Gasteiger partial charge in [-0.2, -0.15) is 4.98 Å². The quantitative estimate of drug-likeness (QED) is 0.464. The fourth-order valence-corrected chi connectivity index (χ4v) is 5.72. The molecule has 2 heterocycles. The van der Waals surface area contributed by atoms with Crippen LogP contribution in [0.15, 0.2) is 92.9 Å². The Bertz CT molecular complexity index is 1140. The van der Waals surface area contributed by atoms with Gasteiger partial charge in [-0.25, -0.2) is 0 Å². The number of rotatable bonds is 3. The number of allylic oxidation sites excluding steroid dienone is 6. The van der Waals surface area contributed by atoms with Gasteiger partial charge in [-0.1, -0.05) is 71.1 Å². The fraction of sp³-hybridized carbons (Fsp3) is 0.125. The van der Waals surface area contributed by atoms with Crippen molar-refractivity contribution in [1.29, 1.82) is 0 Å². The Balaban J connectivity index is 1.36. The summed E-state index contributed by atoms with van der Waals surface area (Å²) < 4.78 is 1.27. The lowest BCUT2D eigenvalue weighted by Gasteiger charge is -2.16. The Kier molecular flexibility index (Phi) is 5.32. The summed E-state index contributed by atoms with van der Waals surface area (Å²) in [6.45, 7) is 0. The zero-order valence-corrected chi connectivity index (χ0v) is 18.1. The molecular formula is C24H20ClN2S2+. The van der Waals surface area contributed by atoms with Crippen LogP contribution in [0.4, 0.5) is 5.69 Å². The van der Waals surface area contributed by atoms with E-state index in [1.807, 2.05) is 0 Å². The Morgan fingerprint density at radius 2 is 1.83 bits per heavy atom. The predicted molar refractivity (Wildman–Crippen MR) is 126 cm³/mol. The molecule has 0 amide bonds. The van der Waals surface area contributed by atoms with Crippen molar-refractivity contribution in [3.05, 3.63) is 93.0 Å². The number of hydrogen-bond acceptors (Lipinski definition) is 3. The van der Waals surface area contributed by atoms with Crippen molar-refractivity contribution in [2.24, 2.45) is 0 Å². The van der Waals surface area contributed by atoms with Gasteiger partial charge >= 0.3 is 0 Å². The maximum absolute atomic E-state index is 6.77. The maximum Gasteiger partial charge on any atom is 0.261 e. The molecule has 0 spiro atoms. The van der Waals surface area contributed by atoms with E-state index in [4.69, 9.17) is 11.6 Å². The van der Waals surface area contributed by atoms with E-state index in [0.717, 1.165) is 34.3 Å². The highest BCUT2D eigenvalue weighted by Gasteiger charge is 2.16. The van der Waals surface area contributed by atoms with E-state index >= 15 is 0 Å². The number of thioether (sulfide) groups is 1. The highest BCUT2D eigenvalue weighted by atomic mass is 35.5. The summed E-state index contributed by atoms with van der Waals surface area (Å²) in [5.74, 6) is 0. The highest BCUT2D eigenvalue weighted by molar-refractivity contribution is 8.03. The first-order valence-electron chi connectivity index (χ1n) is 9.69. The maximum atomic E-state index is 6.77. The van der Waals surface area contributed by atoms with E-state index in [1.165, 1.54) is 31.9 Å². The molecular weight excluding hydrogens is 416 g/mol. The number of H-pyrrole nitrogens is 1. The number of hydrogen-bond donors (Lipinski definition) is 1. The van der Waals surface area contributed by atoms with Gasteiger partial charge in [0.15, 0.2) is 0 Å². The van der Waals surface area contributed by atoms with Gasteiger partial charge in [-0.05, 0) is 54.7 Å². The Hall–Kier alpha value is -2.27. The summed E-state index contributed by atoms with van der Waals surface area (Å²) in [7, 11) is 0. The van der Waals surface area contributed by atoms with E-state index in [1.54, 1.807) is 23.1 Å². The van der Waals surface area contributed by atoms with Crippen LogP contribution in [-0.4, -0.2) is 0 Å². The number of thiazole rings is 1. The summed E-state index contributed by atoms with van der Waals surface area (Å²) in [5, 5.41) is 6.65. The number of halogens is 1. The van der Waals surface area contributed by atoms with Crippen molar-refractivity contribution in [3.63, 3.8) is 0 Å². The fourth-order valence-electron chi connectivity index (χ4n) is 3.58. The van der Waals surface area contributed by atoms with Gasteiger partial charge in [-0.15, -0.1) is 0 Å². The molecule has 5 heteroatoms. The zero-order chi connectivity index (χ0) is 19.6. The van der Waals surface area contributed by atoms with Crippen LogP contribution in [0.5, 0.6) is 0 Å². The molecule has 1 aliphatic heterocycles. The van der Waals surface area contributed by atoms with E-state index < -0.39 is 0 Å². The molecule has 2 nitrogen and oxygen atoms in total. The Morgan fingerprint density at radius 1 is 0.966 bits per heavy atom. The molecule has 1 aliphatic carbocycles. The van der Waals surface area contributed by atoms with E-state index in [-0.39, 0.29) is 0 Å². The van der Waals surface area contributed by atoms with Crippen molar-refractivity contribution in [2.75, 3.05) is 5.32 Å². The number of aromatic amines is 1. The number of fused-ring (bicyclic) bond motifs is 2. The normalized spacial score (nSPS) is 19.5. The second-order valence-corrected chi connectivity index (χ2v) is 9.61. The third-order valence-electron chi connectivity index (χ3n) is 5.06. The van der Waals surface area contributed by atoms with Crippen LogP contribution >= 0.6 is 34.7 Å². The first-order chi connectivity index (χ1) is 14.3. The van der Waals surface area contributed by atoms with Gasteiger partial charge in [0.1, 0.15) is 4.70 Å². The average Bonchev–Trinajstić information content (AvgIpc) is 3.35. The molecule has 5 rings (SSSR count). The number of para-hydroxylation sites is 2. The van der Waals surface area contributed by atoms with E-state index in [9.17, 15) is 0 Å². The van der Waals surface area contributed by atoms with Crippen LogP contribution in [0, 0.1) is 0 Å². The molecule has 3 aromatic rings. The molecule has 144 valence electrons. The summed E-state index contributed by atoms with van der Waals surface area (Å²) >= 11 is 10.3.